The van der Waals surface area contributed by atoms with Crippen molar-refractivity contribution in [1.29, 1.82) is 0 Å². The second-order valence-electron chi connectivity index (χ2n) is 6.70. The molecule has 0 atom stereocenters. The largest absolute Gasteiger partial charge is 0.459 e. The molecular weight excluding hydrogens is 425 g/mol. The lowest BCUT2D eigenvalue weighted by molar-refractivity contribution is -0.290. The van der Waals surface area contributed by atoms with E-state index in [4.69, 9.17) is 4.42 Å². The lowest BCUT2D eigenvalue weighted by atomic mass is 10.0. The molecule has 158 valence electrons. The number of hydrogen-bond donors (Lipinski definition) is 0. The topological polar surface area (TPSA) is 86.9 Å². The van der Waals surface area contributed by atoms with Crippen LogP contribution in [0.1, 0.15) is 5.69 Å². The minimum atomic E-state index is -5.82. The summed E-state index contributed by atoms with van der Waals surface area (Å²) in [6.07, 6.45) is -0.491. The van der Waals surface area contributed by atoms with E-state index < -0.39 is 17.8 Å². The van der Waals surface area contributed by atoms with Crippen molar-refractivity contribution in [3.63, 3.8) is 0 Å². The average Bonchev–Trinajstić information content (AvgIpc) is 3.45. The highest BCUT2D eigenvalue weighted by molar-refractivity contribution is 5.94. The fourth-order valence-electron chi connectivity index (χ4n) is 3.22. The predicted octanol–water partition coefficient (Wildman–Crippen LogP) is 3.99. The number of pyridine rings is 2. The zero-order valence-corrected chi connectivity index (χ0v) is 15.5. The second kappa shape index (κ2) is 6.30. The van der Waals surface area contributed by atoms with Crippen LogP contribution in [0.3, 0.4) is 0 Å². The van der Waals surface area contributed by atoms with Crippen molar-refractivity contribution < 1.29 is 26.4 Å². The molecule has 0 radical (unpaired) electrons. The fraction of sp³-hybridized carbons (Fsp3) is 0.167. The van der Waals surface area contributed by atoms with E-state index in [2.05, 4.69) is 25.3 Å². The highest BCUT2D eigenvalue weighted by atomic mass is 19.4. The van der Waals surface area contributed by atoms with Crippen molar-refractivity contribution >= 4 is 16.7 Å². The summed E-state index contributed by atoms with van der Waals surface area (Å²) in [6, 6.07) is 3.85. The van der Waals surface area contributed by atoms with Gasteiger partial charge < -0.3 is 4.42 Å². The first-order valence-corrected chi connectivity index (χ1v) is 8.68. The molecule has 0 spiro atoms. The van der Waals surface area contributed by atoms with E-state index in [0.29, 0.717) is 10.9 Å². The first kappa shape index (κ1) is 19.1. The monoisotopic (exact) mass is 435 g/mol. The molecule has 5 heterocycles. The predicted molar refractivity (Wildman–Crippen MR) is 95.9 cm³/mol. The van der Waals surface area contributed by atoms with Gasteiger partial charge in [0.2, 0.25) is 6.39 Å². The zero-order valence-electron chi connectivity index (χ0n) is 15.5. The molecule has 0 fully saturated rings. The molecule has 0 aromatic carbocycles. The molecule has 8 nitrogen and oxygen atoms in total. The molecule has 0 bridgehead atoms. The molecule has 5 aromatic rings. The molecule has 0 amide bonds. The Morgan fingerprint density at radius 2 is 1.84 bits per heavy atom. The minimum Gasteiger partial charge on any atom is -0.422 e. The van der Waals surface area contributed by atoms with Crippen LogP contribution in [0.5, 0.6) is 0 Å². The lowest BCUT2D eigenvalue weighted by Crippen LogP contribution is -2.34. The van der Waals surface area contributed by atoms with Crippen molar-refractivity contribution in [3.05, 3.63) is 48.9 Å². The van der Waals surface area contributed by atoms with Gasteiger partial charge in [0.25, 0.3) is 5.89 Å². The van der Waals surface area contributed by atoms with Crippen molar-refractivity contribution in [2.24, 2.45) is 7.05 Å². The third-order valence-corrected chi connectivity index (χ3v) is 4.67. The van der Waals surface area contributed by atoms with Gasteiger partial charge in [-0.1, -0.05) is 0 Å². The Labute approximate surface area is 169 Å². The molecule has 0 aliphatic rings. The van der Waals surface area contributed by atoms with Crippen LogP contribution in [-0.2, 0) is 13.0 Å². The number of alkyl halides is 5. The number of rotatable bonds is 3. The molecular formula is C18H10F5N7O. The van der Waals surface area contributed by atoms with E-state index in [1.165, 1.54) is 27.7 Å². The summed E-state index contributed by atoms with van der Waals surface area (Å²) in [5.41, 5.74) is -0.652. The maximum Gasteiger partial charge on any atom is 0.459 e. The quantitative estimate of drug-likeness (QED) is 0.399. The van der Waals surface area contributed by atoms with Gasteiger partial charge in [-0.05, 0) is 23.8 Å². The van der Waals surface area contributed by atoms with Gasteiger partial charge in [-0.25, -0.2) is 9.97 Å². The molecule has 31 heavy (non-hydrogen) atoms. The number of aromatic nitrogens is 7. The van der Waals surface area contributed by atoms with E-state index in [-0.39, 0.29) is 28.4 Å². The first-order chi connectivity index (χ1) is 14.6. The molecule has 0 saturated heterocycles. The molecule has 0 saturated carbocycles. The van der Waals surface area contributed by atoms with Crippen molar-refractivity contribution in [3.8, 4) is 22.7 Å². The lowest BCUT2D eigenvalue weighted by Gasteiger charge is -2.20. The van der Waals surface area contributed by atoms with Gasteiger partial charge >= 0.3 is 12.1 Å². The van der Waals surface area contributed by atoms with Crippen LogP contribution in [0, 0.1) is 0 Å². The summed E-state index contributed by atoms with van der Waals surface area (Å²) in [6.45, 7) is 0. The number of halogens is 5. The SMILES string of the molecule is Cn1cc(-c2cc(C(F)(F)C(F)(F)F)nc3c2ccc2nc(-c4nnco4)cn23)cn1. The fourth-order valence-corrected chi connectivity index (χ4v) is 3.22. The van der Waals surface area contributed by atoms with Crippen molar-refractivity contribution in [1.82, 2.24) is 34.3 Å². The van der Waals surface area contributed by atoms with Gasteiger partial charge in [0.05, 0.1) is 6.20 Å². The van der Waals surface area contributed by atoms with Crippen LogP contribution in [0.15, 0.2) is 47.6 Å². The molecule has 0 aliphatic carbocycles. The molecule has 5 aromatic heterocycles. The van der Waals surface area contributed by atoms with Crippen LogP contribution in [0.25, 0.3) is 39.4 Å². The van der Waals surface area contributed by atoms with E-state index in [1.54, 1.807) is 19.2 Å². The van der Waals surface area contributed by atoms with Gasteiger partial charge in [0.15, 0.2) is 0 Å². The number of hydrogen-bond acceptors (Lipinski definition) is 6. The number of nitrogens with zero attached hydrogens (tertiary/aromatic N) is 7. The zero-order chi connectivity index (χ0) is 22.0. The smallest absolute Gasteiger partial charge is 0.422 e. The summed E-state index contributed by atoms with van der Waals surface area (Å²) in [5.74, 6) is -5.11. The third kappa shape index (κ3) is 2.92. The van der Waals surface area contributed by atoms with Gasteiger partial charge in [0.1, 0.15) is 22.7 Å². The molecule has 5 rings (SSSR count). The third-order valence-electron chi connectivity index (χ3n) is 4.67. The van der Waals surface area contributed by atoms with E-state index in [9.17, 15) is 22.0 Å². The average molecular weight is 435 g/mol. The molecule has 0 N–H and O–H groups in total. The van der Waals surface area contributed by atoms with E-state index in [1.807, 2.05) is 0 Å². The Balaban J connectivity index is 1.85. The molecule has 0 unspecified atom stereocenters. The maximum absolute atomic E-state index is 14.3. The van der Waals surface area contributed by atoms with Crippen molar-refractivity contribution in [2.75, 3.05) is 0 Å². The van der Waals surface area contributed by atoms with Crippen LogP contribution >= 0.6 is 0 Å². The summed E-state index contributed by atoms with van der Waals surface area (Å²) in [4.78, 5) is 7.94. The van der Waals surface area contributed by atoms with Crippen LogP contribution in [-0.4, -0.2) is 40.5 Å². The first-order valence-electron chi connectivity index (χ1n) is 8.68. The summed E-state index contributed by atoms with van der Waals surface area (Å²) in [7, 11) is 1.60. The number of imidazole rings is 1. The van der Waals surface area contributed by atoms with Crippen LogP contribution in [0.4, 0.5) is 22.0 Å². The Morgan fingerprint density at radius 1 is 1.03 bits per heavy atom. The maximum atomic E-state index is 14.3. The Kier molecular flexibility index (Phi) is 3.88. The van der Waals surface area contributed by atoms with Crippen LogP contribution in [0.2, 0.25) is 0 Å². The second-order valence-corrected chi connectivity index (χ2v) is 6.70. The normalized spacial score (nSPS) is 12.8. The highest BCUT2D eigenvalue weighted by Gasteiger charge is 2.60. The summed E-state index contributed by atoms with van der Waals surface area (Å²) < 4.78 is 75.6. The Hall–Kier alpha value is -3.90. The van der Waals surface area contributed by atoms with Crippen LogP contribution < -0.4 is 0 Å². The Morgan fingerprint density at radius 3 is 2.48 bits per heavy atom. The number of fused-ring (bicyclic) bond motifs is 3. The van der Waals surface area contributed by atoms with E-state index >= 15 is 0 Å². The number of aryl methyl sites for hydroxylation is 1. The van der Waals surface area contributed by atoms with Gasteiger partial charge in [-0.3, -0.25) is 9.08 Å². The van der Waals surface area contributed by atoms with Gasteiger partial charge in [0, 0.05) is 30.4 Å². The van der Waals surface area contributed by atoms with Gasteiger partial charge in [-0.15, -0.1) is 10.2 Å². The van der Waals surface area contributed by atoms with E-state index in [0.717, 1.165) is 12.5 Å². The summed E-state index contributed by atoms with van der Waals surface area (Å²) in [5, 5.41) is 11.6. The summed E-state index contributed by atoms with van der Waals surface area (Å²) >= 11 is 0. The van der Waals surface area contributed by atoms with Gasteiger partial charge in [-0.2, -0.15) is 27.1 Å². The standard InChI is InChI=1S/C18H10F5N7O/c1-29-6-9(5-25-29)11-4-13(17(19,20)18(21,22)23)27-15-10(11)2-3-14-26-12(7-30(14)15)16-28-24-8-31-16/h2-8H,1H3. The Bertz CT molecular complexity index is 1420. The molecule has 13 heteroatoms. The highest BCUT2D eigenvalue weighted by Crippen LogP contribution is 2.45. The minimum absolute atomic E-state index is 0.0566. The molecule has 0 aliphatic heterocycles. The van der Waals surface area contributed by atoms with Crippen molar-refractivity contribution in [2.45, 2.75) is 12.1 Å².